The Bertz CT molecular complexity index is 370. The van der Waals surface area contributed by atoms with Gasteiger partial charge in [0.1, 0.15) is 5.69 Å². The fourth-order valence-electron chi connectivity index (χ4n) is 0.926. The summed E-state index contributed by atoms with van der Waals surface area (Å²) in [6.45, 7) is 2.48. The van der Waals surface area contributed by atoms with Gasteiger partial charge in [0.2, 0.25) is 0 Å². The Hall–Kier alpha value is -1.40. The van der Waals surface area contributed by atoms with Crippen molar-refractivity contribution in [1.82, 2.24) is 9.97 Å². The number of aldehydes is 1. The van der Waals surface area contributed by atoms with Gasteiger partial charge in [0.25, 0.3) is 0 Å². The first kappa shape index (κ1) is 15.6. The second kappa shape index (κ2) is 9.80. The third-order valence-corrected chi connectivity index (χ3v) is 2.19. The van der Waals surface area contributed by atoms with E-state index in [1.165, 1.54) is 25.1 Å². The zero-order valence-electron chi connectivity index (χ0n) is 10.2. The lowest BCUT2D eigenvalue weighted by atomic mass is 10.2. The second-order valence-electron chi connectivity index (χ2n) is 2.57. The molecule has 0 unspecified atom stereocenters. The number of nitrogens with zero attached hydrogens (tertiary/aromatic N) is 2. The van der Waals surface area contributed by atoms with Crippen LogP contribution in [0.5, 0.6) is 0 Å². The number of hydrogen-bond acceptors (Lipinski definition) is 6. The highest BCUT2D eigenvalue weighted by Crippen LogP contribution is 2.11. The summed E-state index contributed by atoms with van der Waals surface area (Å²) in [7, 11) is 1.50. The maximum Gasteiger partial charge on any atom is 0.187 e. The summed E-state index contributed by atoms with van der Waals surface area (Å²) in [5, 5.41) is 0.589. The van der Waals surface area contributed by atoms with Crippen molar-refractivity contribution in [3.05, 3.63) is 23.7 Å². The fourth-order valence-corrected chi connectivity index (χ4v) is 1.27. The summed E-state index contributed by atoms with van der Waals surface area (Å²) in [5.74, 6) is 0. The third kappa shape index (κ3) is 5.46. The first-order valence-electron chi connectivity index (χ1n) is 5.04. The van der Waals surface area contributed by atoms with Gasteiger partial charge in [-0.15, -0.1) is 0 Å². The van der Waals surface area contributed by atoms with Crippen LogP contribution in [0.25, 0.3) is 6.08 Å². The van der Waals surface area contributed by atoms with Crippen molar-refractivity contribution in [3.8, 4) is 0 Å². The molecule has 0 spiro atoms. The quantitative estimate of drug-likeness (QED) is 0.372. The van der Waals surface area contributed by atoms with E-state index in [1.54, 1.807) is 12.3 Å². The smallest absolute Gasteiger partial charge is 0.187 e. The van der Waals surface area contributed by atoms with Gasteiger partial charge in [-0.05, 0) is 26.3 Å². The van der Waals surface area contributed by atoms with Crippen LogP contribution in [0, 0.1) is 0 Å². The van der Waals surface area contributed by atoms with E-state index in [0.29, 0.717) is 29.3 Å². The van der Waals surface area contributed by atoms with Gasteiger partial charge in [-0.3, -0.25) is 4.79 Å². The zero-order valence-corrected chi connectivity index (χ0v) is 11.0. The minimum atomic E-state index is 0.380. The summed E-state index contributed by atoms with van der Waals surface area (Å²) >= 11 is 1.40. The van der Waals surface area contributed by atoms with E-state index >= 15 is 0 Å². The summed E-state index contributed by atoms with van der Waals surface area (Å²) in [6, 6.07) is 0. The SMILES string of the molecule is CCO/C=C/c1cnc(SC)nc1C=O.CN. The zero-order chi connectivity index (χ0) is 13.1. The highest BCUT2D eigenvalue weighted by Gasteiger charge is 2.02. The van der Waals surface area contributed by atoms with Crippen molar-refractivity contribution in [2.45, 2.75) is 12.1 Å². The molecule has 0 aliphatic rings. The first-order valence-corrected chi connectivity index (χ1v) is 6.26. The Morgan fingerprint density at radius 2 is 2.24 bits per heavy atom. The van der Waals surface area contributed by atoms with Crippen molar-refractivity contribution in [3.63, 3.8) is 0 Å². The average Bonchev–Trinajstić information content (AvgIpc) is 2.41. The van der Waals surface area contributed by atoms with Gasteiger partial charge in [-0.2, -0.15) is 0 Å². The van der Waals surface area contributed by atoms with Gasteiger partial charge in [0.15, 0.2) is 11.4 Å². The molecule has 0 radical (unpaired) electrons. The predicted molar refractivity (Wildman–Crippen MR) is 70.0 cm³/mol. The lowest BCUT2D eigenvalue weighted by Gasteiger charge is -2.00. The summed E-state index contributed by atoms with van der Waals surface area (Å²) < 4.78 is 5.04. The number of ether oxygens (including phenoxy) is 1. The number of nitrogens with two attached hydrogens (primary N) is 1. The Kier molecular flexibility index (Phi) is 8.99. The molecule has 0 saturated carbocycles. The second-order valence-corrected chi connectivity index (χ2v) is 3.35. The molecule has 2 N–H and O–H groups in total. The molecule has 0 amide bonds. The molecule has 0 saturated heterocycles. The number of thioether (sulfide) groups is 1. The molecule has 1 aromatic heterocycles. The fraction of sp³-hybridized carbons (Fsp3) is 0.364. The first-order chi connectivity index (χ1) is 8.31. The molecule has 0 aliphatic heterocycles. The van der Waals surface area contributed by atoms with Crippen molar-refractivity contribution >= 4 is 24.1 Å². The van der Waals surface area contributed by atoms with Crippen LogP contribution in [0.3, 0.4) is 0 Å². The summed E-state index contributed by atoms with van der Waals surface area (Å²) in [6.07, 6.45) is 7.40. The minimum Gasteiger partial charge on any atom is -0.501 e. The Balaban J connectivity index is 0.00000121. The predicted octanol–water partition coefficient (Wildman–Crippen LogP) is 1.59. The van der Waals surface area contributed by atoms with Crippen molar-refractivity contribution in [2.75, 3.05) is 19.9 Å². The van der Waals surface area contributed by atoms with Crippen LogP contribution in [-0.2, 0) is 4.74 Å². The number of rotatable bonds is 5. The maximum absolute atomic E-state index is 10.8. The number of carbonyl (C=O) groups is 1. The van der Waals surface area contributed by atoms with Crippen LogP contribution in [0.1, 0.15) is 23.0 Å². The monoisotopic (exact) mass is 255 g/mol. The number of aromatic nitrogens is 2. The van der Waals surface area contributed by atoms with E-state index in [2.05, 4.69) is 15.7 Å². The van der Waals surface area contributed by atoms with E-state index in [1.807, 2.05) is 13.2 Å². The highest BCUT2D eigenvalue weighted by molar-refractivity contribution is 7.98. The lowest BCUT2D eigenvalue weighted by molar-refractivity contribution is 0.111. The molecule has 0 fully saturated rings. The van der Waals surface area contributed by atoms with Crippen LogP contribution < -0.4 is 5.73 Å². The van der Waals surface area contributed by atoms with Gasteiger partial charge < -0.3 is 10.5 Å². The Labute approximate surface area is 105 Å². The highest BCUT2D eigenvalue weighted by atomic mass is 32.2. The van der Waals surface area contributed by atoms with Crippen LogP contribution in [0.15, 0.2) is 17.6 Å². The molecule has 0 bridgehead atoms. The van der Waals surface area contributed by atoms with Crippen molar-refractivity contribution in [2.24, 2.45) is 5.73 Å². The van der Waals surface area contributed by atoms with Crippen LogP contribution in [0.2, 0.25) is 0 Å². The average molecular weight is 255 g/mol. The standard InChI is InChI=1S/C10H12N2O2S.CH5N/c1-3-14-5-4-8-6-11-10(15-2)12-9(8)7-13;1-2/h4-7H,3H2,1-2H3;2H2,1H3/b5-4+;. The topological polar surface area (TPSA) is 78.1 Å². The van der Waals surface area contributed by atoms with Crippen molar-refractivity contribution < 1.29 is 9.53 Å². The van der Waals surface area contributed by atoms with Crippen LogP contribution >= 0.6 is 11.8 Å². The minimum absolute atomic E-state index is 0.380. The molecule has 6 heteroatoms. The molecule has 1 heterocycles. The molecule has 1 rings (SSSR count). The number of carbonyl (C=O) groups excluding carboxylic acids is 1. The van der Waals surface area contributed by atoms with Crippen LogP contribution in [0.4, 0.5) is 0 Å². The normalized spacial score (nSPS) is 9.65. The van der Waals surface area contributed by atoms with Gasteiger partial charge in [-0.1, -0.05) is 11.8 Å². The molecule has 5 nitrogen and oxygen atoms in total. The summed E-state index contributed by atoms with van der Waals surface area (Å²) in [5.41, 5.74) is 5.54. The van der Waals surface area contributed by atoms with E-state index in [9.17, 15) is 4.79 Å². The molecule has 0 aliphatic carbocycles. The largest absolute Gasteiger partial charge is 0.501 e. The molecule has 0 aromatic carbocycles. The molecule has 94 valence electrons. The van der Waals surface area contributed by atoms with Gasteiger partial charge >= 0.3 is 0 Å². The van der Waals surface area contributed by atoms with Gasteiger partial charge in [0.05, 0.1) is 12.9 Å². The molecule has 0 atom stereocenters. The van der Waals surface area contributed by atoms with Crippen LogP contribution in [-0.4, -0.2) is 36.2 Å². The van der Waals surface area contributed by atoms with E-state index in [0.717, 1.165) is 0 Å². The molecular formula is C11H17N3O2S. The molecule has 17 heavy (non-hydrogen) atoms. The molecular weight excluding hydrogens is 238 g/mol. The van der Waals surface area contributed by atoms with E-state index in [4.69, 9.17) is 4.74 Å². The Morgan fingerprint density at radius 3 is 2.76 bits per heavy atom. The lowest BCUT2D eigenvalue weighted by Crippen LogP contribution is -1.96. The van der Waals surface area contributed by atoms with Gasteiger partial charge in [-0.25, -0.2) is 9.97 Å². The Morgan fingerprint density at radius 1 is 1.53 bits per heavy atom. The summed E-state index contributed by atoms with van der Waals surface area (Å²) in [4.78, 5) is 18.9. The van der Waals surface area contributed by atoms with Gasteiger partial charge in [0, 0.05) is 11.8 Å². The van der Waals surface area contributed by atoms with Crippen molar-refractivity contribution in [1.29, 1.82) is 0 Å². The van der Waals surface area contributed by atoms with E-state index in [-0.39, 0.29) is 0 Å². The molecule has 1 aromatic rings. The number of hydrogen-bond donors (Lipinski definition) is 1. The third-order valence-electron chi connectivity index (χ3n) is 1.63. The maximum atomic E-state index is 10.8. The van der Waals surface area contributed by atoms with E-state index < -0.39 is 0 Å².